The summed E-state index contributed by atoms with van der Waals surface area (Å²) in [5.74, 6) is -0.586. The molecule has 9 nitrogen and oxygen atoms in total. The molecule has 0 aliphatic heterocycles. The molecule has 0 aliphatic rings. The van der Waals surface area contributed by atoms with Crippen molar-refractivity contribution in [2.75, 3.05) is 23.9 Å². The van der Waals surface area contributed by atoms with Crippen molar-refractivity contribution in [1.29, 1.82) is 0 Å². The molecule has 1 aromatic carbocycles. The van der Waals surface area contributed by atoms with Crippen LogP contribution >= 0.6 is 23.1 Å². The van der Waals surface area contributed by atoms with Crippen LogP contribution in [0.3, 0.4) is 0 Å². The van der Waals surface area contributed by atoms with E-state index >= 15 is 0 Å². The van der Waals surface area contributed by atoms with E-state index in [0.717, 1.165) is 27.5 Å². The number of nitrogen functional groups attached to an aromatic ring is 1. The van der Waals surface area contributed by atoms with Gasteiger partial charge in [0, 0.05) is 0 Å². The van der Waals surface area contributed by atoms with Crippen molar-refractivity contribution >= 4 is 56.3 Å². The highest BCUT2D eigenvalue weighted by Gasteiger charge is 2.23. The van der Waals surface area contributed by atoms with Crippen LogP contribution in [0.25, 0.3) is 10.2 Å². The molecule has 1 amide bonds. The first-order valence-electron chi connectivity index (χ1n) is 7.97. The molecule has 3 rings (SSSR count). The van der Waals surface area contributed by atoms with Crippen molar-refractivity contribution in [3.8, 4) is 0 Å². The third-order valence-electron chi connectivity index (χ3n) is 3.78. The zero-order chi connectivity index (χ0) is 19.6. The second-order valence-electron chi connectivity index (χ2n) is 5.73. The number of fused-ring (bicyclic) bond motifs is 1. The van der Waals surface area contributed by atoms with E-state index in [-0.39, 0.29) is 17.6 Å². The number of hydrogen-bond donors (Lipinski definition) is 2. The fourth-order valence-electron chi connectivity index (χ4n) is 2.35. The monoisotopic (exact) mass is 406 g/mol. The second-order valence-corrected chi connectivity index (χ2v) is 7.70. The van der Waals surface area contributed by atoms with Gasteiger partial charge in [-0.1, -0.05) is 29.2 Å². The number of nitrogens with one attached hydrogen (secondary N) is 1. The zero-order valence-electron chi connectivity index (χ0n) is 14.9. The number of benzene rings is 1. The average Bonchev–Trinajstić information content (AvgIpc) is 3.20. The summed E-state index contributed by atoms with van der Waals surface area (Å²) >= 11 is 2.50. The van der Waals surface area contributed by atoms with Gasteiger partial charge in [-0.25, -0.2) is 4.98 Å². The summed E-state index contributed by atoms with van der Waals surface area (Å²) in [5, 5.41) is 11.4. The molecule has 0 saturated heterocycles. The van der Waals surface area contributed by atoms with E-state index in [4.69, 9.17) is 5.73 Å². The smallest absolute Gasteiger partial charge is 0.316 e. The molecular weight excluding hydrogens is 388 g/mol. The van der Waals surface area contributed by atoms with Crippen molar-refractivity contribution in [1.82, 2.24) is 19.7 Å². The maximum atomic E-state index is 12.7. The Morgan fingerprint density at radius 2 is 2.19 bits per heavy atom. The molecule has 0 aliphatic carbocycles. The molecule has 27 heavy (non-hydrogen) atoms. The number of aromatic nitrogens is 4. The van der Waals surface area contributed by atoms with Crippen LogP contribution in [0.4, 0.5) is 11.1 Å². The van der Waals surface area contributed by atoms with Gasteiger partial charge in [0.25, 0.3) is 0 Å². The Morgan fingerprint density at radius 1 is 1.41 bits per heavy atom. The number of thioether (sulfide) groups is 1. The van der Waals surface area contributed by atoms with E-state index < -0.39 is 12.0 Å². The summed E-state index contributed by atoms with van der Waals surface area (Å²) in [6, 6.07) is 5.22. The van der Waals surface area contributed by atoms with E-state index in [1.54, 1.807) is 6.92 Å². The van der Waals surface area contributed by atoms with Crippen LogP contribution in [0.2, 0.25) is 0 Å². The van der Waals surface area contributed by atoms with Crippen molar-refractivity contribution < 1.29 is 14.3 Å². The van der Waals surface area contributed by atoms with E-state index in [9.17, 15) is 9.59 Å². The SMILES string of the molecule is COC(=O)CSc1nnc(N)n1C(C)C(=O)Nc1nc2ccc(C)cc2s1. The van der Waals surface area contributed by atoms with E-state index in [0.29, 0.717) is 10.3 Å². The number of carbonyl (C=O) groups is 2. The number of nitrogens with zero attached hydrogens (tertiary/aromatic N) is 4. The minimum Gasteiger partial charge on any atom is -0.468 e. The first-order chi connectivity index (χ1) is 12.9. The lowest BCUT2D eigenvalue weighted by Crippen LogP contribution is -2.25. The molecule has 3 N–H and O–H groups in total. The van der Waals surface area contributed by atoms with Gasteiger partial charge in [0.05, 0.1) is 23.1 Å². The first kappa shape index (κ1) is 19.1. The summed E-state index contributed by atoms with van der Waals surface area (Å²) in [5.41, 5.74) is 7.81. The van der Waals surface area contributed by atoms with Gasteiger partial charge in [-0.05, 0) is 31.5 Å². The first-order valence-corrected chi connectivity index (χ1v) is 9.77. The normalized spacial score (nSPS) is 12.1. The van der Waals surface area contributed by atoms with Crippen LogP contribution in [0.15, 0.2) is 23.4 Å². The number of nitrogens with two attached hydrogens (primary N) is 1. The predicted molar refractivity (Wildman–Crippen MR) is 105 cm³/mol. The second kappa shape index (κ2) is 7.92. The van der Waals surface area contributed by atoms with E-state index in [2.05, 4.69) is 25.2 Å². The molecule has 2 heterocycles. The maximum Gasteiger partial charge on any atom is 0.316 e. The number of rotatable bonds is 6. The molecule has 0 bridgehead atoms. The van der Waals surface area contributed by atoms with Gasteiger partial charge in [0.1, 0.15) is 6.04 Å². The average molecular weight is 406 g/mol. The zero-order valence-corrected chi connectivity index (χ0v) is 16.6. The van der Waals surface area contributed by atoms with Gasteiger partial charge in [0.2, 0.25) is 11.9 Å². The van der Waals surface area contributed by atoms with Crippen molar-refractivity contribution in [2.24, 2.45) is 0 Å². The van der Waals surface area contributed by atoms with Gasteiger partial charge in [0.15, 0.2) is 10.3 Å². The fraction of sp³-hybridized carbons (Fsp3) is 0.312. The molecule has 0 saturated carbocycles. The van der Waals surface area contributed by atoms with Gasteiger partial charge in [-0.3, -0.25) is 14.2 Å². The van der Waals surface area contributed by atoms with Crippen molar-refractivity contribution in [3.05, 3.63) is 23.8 Å². The van der Waals surface area contributed by atoms with Crippen LogP contribution in [0.5, 0.6) is 0 Å². The quantitative estimate of drug-likeness (QED) is 0.472. The summed E-state index contributed by atoms with van der Waals surface area (Å²) in [7, 11) is 1.30. The fourth-order valence-corrected chi connectivity index (χ4v) is 4.17. The molecule has 142 valence electrons. The highest BCUT2D eigenvalue weighted by molar-refractivity contribution is 7.99. The number of aryl methyl sites for hydroxylation is 1. The largest absolute Gasteiger partial charge is 0.468 e. The number of anilines is 2. The number of ether oxygens (including phenoxy) is 1. The van der Waals surface area contributed by atoms with Gasteiger partial charge in [-0.2, -0.15) is 0 Å². The lowest BCUT2D eigenvalue weighted by atomic mass is 10.2. The molecule has 11 heteroatoms. The summed E-state index contributed by atoms with van der Waals surface area (Å²) in [4.78, 5) is 28.4. The number of methoxy groups -OCH3 is 1. The number of esters is 1. The lowest BCUT2D eigenvalue weighted by molar-refractivity contribution is -0.137. The molecule has 0 radical (unpaired) electrons. The summed E-state index contributed by atoms with van der Waals surface area (Å²) in [6.07, 6.45) is 0. The van der Waals surface area contributed by atoms with E-state index in [1.807, 2.05) is 25.1 Å². The Kier molecular flexibility index (Phi) is 5.61. The van der Waals surface area contributed by atoms with Gasteiger partial charge < -0.3 is 15.8 Å². The Bertz CT molecular complexity index is 999. The number of hydrogen-bond acceptors (Lipinski definition) is 9. The number of carbonyl (C=O) groups excluding carboxylic acids is 2. The van der Waals surface area contributed by atoms with Crippen LogP contribution in [0, 0.1) is 6.92 Å². The van der Waals surface area contributed by atoms with Crippen molar-refractivity contribution in [3.63, 3.8) is 0 Å². The highest BCUT2D eigenvalue weighted by Crippen LogP contribution is 2.28. The Hall–Kier alpha value is -2.66. The lowest BCUT2D eigenvalue weighted by Gasteiger charge is -2.15. The minimum absolute atomic E-state index is 0.0419. The van der Waals surface area contributed by atoms with Crippen LogP contribution < -0.4 is 11.1 Å². The molecule has 3 aromatic rings. The molecule has 0 fully saturated rings. The molecule has 1 atom stereocenters. The maximum absolute atomic E-state index is 12.7. The van der Waals surface area contributed by atoms with Crippen LogP contribution in [0.1, 0.15) is 18.5 Å². The van der Waals surface area contributed by atoms with E-state index in [1.165, 1.54) is 23.0 Å². The van der Waals surface area contributed by atoms with Crippen LogP contribution in [-0.2, 0) is 14.3 Å². The molecule has 1 unspecified atom stereocenters. The summed E-state index contributed by atoms with van der Waals surface area (Å²) in [6.45, 7) is 3.68. The van der Waals surface area contributed by atoms with Gasteiger partial charge >= 0.3 is 5.97 Å². The van der Waals surface area contributed by atoms with Gasteiger partial charge in [-0.15, -0.1) is 10.2 Å². The standard InChI is InChI=1S/C16H18N6O3S2/c1-8-4-5-10-11(6-8)27-15(18-10)19-13(24)9(2)22-14(17)20-21-16(22)26-7-12(23)25-3/h4-6,9H,7H2,1-3H3,(H2,17,20)(H,18,19,24). The topological polar surface area (TPSA) is 125 Å². The highest BCUT2D eigenvalue weighted by atomic mass is 32.2. The van der Waals surface area contributed by atoms with Crippen LogP contribution in [-0.4, -0.2) is 44.5 Å². The molecule has 0 spiro atoms. The third kappa shape index (κ3) is 4.19. The van der Waals surface area contributed by atoms with Crippen molar-refractivity contribution in [2.45, 2.75) is 25.0 Å². The Labute approximate surface area is 163 Å². The Morgan fingerprint density at radius 3 is 2.93 bits per heavy atom. The Balaban J connectivity index is 1.76. The number of amides is 1. The predicted octanol–water partition coefficient (Wildman–Crippen LogP) is 2.24. The molecule has 2 aromatic heterocycles. The molecular formula is C16H18N6O3S2. The third-order valence-corrected chi connectivity index (χ3v) is 5.63. The minimum atomic E-state index is -0.686. The number of thiazole rings is 1. The summed E-state index contributed by atoms with van der Waals surface area (Å²) < 4.78 is 7.08.